The van der Waals surface area contributed by atoms with E-state index in [1.807, 2.05) is 18.2 Å². The molecule has 2 aromatic carbocycles. The van der Waals surface area contributed by atoms with E-state index in [4.69, 9.17) is 21.1 Å². The van der Waals surface area contributed by atoms with Crippen molar-refractivity contribution in [3.05, 3.63) is 58.6 Å². The molecule has 7 heteroatoms. The fourth-order valence-electron chi connectivity index (χ4n) is 2.50. The van der Waals surface area contributed by atoms with Crippen LogP contribution in [0.15, 0.2) is 42.5 Å². The minimum absolute atomic E-state index is 0.0738. The molecule has 0 fully saturated rings. The molecule has 2 amide bonds. The summed E-state index contributed by atoms with van der Waals surface area (Å²) in [7, 11) is 3.05. The molecular weight excluding hydrogens is 368 g/mol. The second kappa shape index (κ2) is 10.4. The maximum absolute atomic E-state index is 12.2. The summed E-state index contributed by atoms with van der Waals surface area (Å²) in [5, 5.41) is 6.20. The molecule has 0 saturated carbocycles. The number of carbonyl (C=O) groups excluding carboxylic acids is 2. The van der Waals surface area contributed by atoms with Crippen LogP contribution in [0.25, 0.3) is 0 Å². The Labute approximate surface area is 163 Å². The third-order valence-electron chi connectivity index (χ3n) is 3.91. The van der Waals surface area contributed by atoms with Crippen molar-refractivity contribution in [2.45, 2.75) is 12.8 Å². The number of hydrogen-bond acceptors (Lipinski definition) is 4. The zero-order valence-electron chi connectivity index (χ0n) is 15.4. The van der Waals surface area contributed by atoms with Crippen molar-refractivity contribution in [2.75, 3.05) is 27.3 Å². The predicted octanol–water partition coefficient (Wildman–Crippen LogP) is 2.84. The van der Waals surface area contributed by atoms with E-state index in [-0.39, 0.29) is 11.8 Å². The highest BCUT2D eigenvalue weighted by Crippen LogP contribution is 2.27. The molecule has 0 saturated heterocycles. The highest BCUT2D eigenvalue weighted by Gasteiger charge is 2.10. The predicted molar refractivity (Wildman–Crippen MR) is 105 cm³/mol. The van der Waals surface area contributed by atoms with Crippen molar-refractivity contribution in [3.8, 4) is 11.5 Å². The molecule has 0 bridgehead atoms. The molecule has 0 aromatic heterocycles. The molecule has 2 aromatic rings. The van der Waals surface area contributed by atoms with Gasteiger partial charge in [0.05, 0.1) is 14.2 Å². The zero-order valence-corrected chi connectivity index (χ0v) is 16.1. The summed E-state index contributed by atoms with van der Waals surface area (Å²) in [6, 6.07) is 12.4. The number of rotatable bonds is 9. The number of aryl methyl sites for hydroxylation is 1. The molecule has 0 aliphatic heterocycles. The summed E-state index contributed by atoms with van der Waals surface area (Å²) >= 11 is 5.92. The normalized spacial score (nSPS) is 10.2. The number of benzene rings is 2. The first kappa shape index (κ1) is 20.6. The molecule has 2 rings (SSSR count). The van der Waals surface area contributed by atoms with Crippen molar-refractivity contribution in [1.82, 2.24) is 10.6 Å². The van der Waals surface area contributed by atoms with Gasteiger partial charge in [0.15, 0.2) is 11.5 Å². The third-order valence-corrected chi connectivity index (χ3v) is 4.14. The van der Waals surface area contributed by atoms with Gasteiger partial charge in [0.1, 0.15) is 0 Å². The Morgan fingerprint density at radius 3 is 2.41 bits per heavy atom. The van der Waals surface area contributed by atoms with E-state index in [1.165, 1.54) is 14.2 Å². The molecule has 6 nitrogen and oxygen atoms in total. The number of halogens is 1. The first-order chi connectivity index (χ1) is 13.0. The lowest BCUT2D eigenvalue weighted by atomic mass is 10.1. The number of carbonyl (C=O) groups is 2. The first-order valence-corrected chi connectivity index (χ1v) is 8.92. The van der Waals surface area contributed by atoms with Gasteiger partial charge in [-0.15, -0.1) is 0 Å². The molecule has 0 spiro atoms. The standard InChI is InChI=1S/C20H23ClN2O4/c1-26-17-8-7-15(13-18(17)27-2)20(25)23-11-10-22-19(24)9-6-14-4-3-5-16(21)12-14/h3-5,7-8,12-13H,6,9-11H2,1-2H3,(H,22,24)(H,23,25). The number of nitrogens with one attached hydrogen (secondary N) is 2. The Kier molecular flexibility index (Phi) is 7.95. The Bertz CT molecular complexity index is 795. The average molecular weight is 391 g/mol. The Hall–Kier alpha value is -2.73. The summed E-state index contributed by atoms with van der Waals surface area (Å²) in [4.78, 5) is 24.0. The van der Waals surface area contributed by atoms with Gasteiger partial charge in [-0.1, -0.05) is 23.7 Å². The lowest BCUT2D eigenvalue weighted by Crippen LogP contribution is -2.34. The number of hydrogen-bond donors (Lipinski definition) is 2. The van der Waals surface area contributed by atoms with Crippen LogP contribution < -0.4 is 20.1 Å². The van der Waals surface area contributed by atoms with Crippen molar-refractivity contribution >= 4 is 23.4 Å². The lowest BCUT2D eigenvalue weighted by molar-refractivity contribution is -0.121. The highest BCUT2D eigenvalue weighted by molar-refractivity contribution is 6.30. The van der Waals surface area contributed by atoms with Gasteiger partial charge >= 0.3 is 0 Å². The Balaban J connectivity index is 1.71. The summed E-state index contributed by atoms with van der Waals surface area (Å²) in [6.07, 6.45) is 0.981. The van der Waals surface area contributed by atoms with Crippen molar-refractivity contribution < 1.29 is 19.1 Å². The summed E-state index contributed by atoms with van der Waals surface area (Å²) in [5.41, 5.74) is 1.47. The number of methoxy groups -OCH3 is 2. The van der Waals surface area contributed by atoms with E-state index in [0.29, 0.717) is 48.0 Å². The summed E-state index contributed by atoms with van der Waals surface area (Å²) in [5.74, 6) is 0.722. The van der Waals surface area contributed by atoms with Gasteiger partial charge < -0.3 is 20.1 Å². The van der Waals surface area contributed by atoms with E-state index in [0.717, 1.165) is 5.56 Å². The van der Waals surface area contributed by atoms with Crippen molar-refractivity contribution in [2.24, 2.45) is 0 Å². The van der Waals surface area contributed by atoms with E-state index in [1.54, 1.807) is 24.3 Å². The number of amides is 2. The van der Waals surface area contributed by atoms with E-state index in [2.05, 4.69) is 10.6 Å². The van der Waals surface area contributed by atoms with Crippen LogP contribution in [-0.2, 0) is 11.2 Å². The Morgan fingerprint density at radius 2 is 1.70 bits per heavy atom. The second-order valence-electron chi connectivity index (χ2n) is 5.81. The van der Waals surface area contributed by atoms with Gasteiger partial charge in [0.2, 0.25) is 5.91 Å². The second-order valence-corrected chi connectivity index (χ2v) is 6.24. The minimum atomic E-state index is -0.246. The lowest BCUT2D eigenvalue weighted by Gasteiger charge is -2.10. The fraction of sp³-hybridized carbons (Fsp3) is 0.300. The van der Waals surface area contributed by atoms with Crippen LogP contribution in [0.3, 0.4) is 0 Å². The third kappa shape index (κ3) is 6.49. The first-order valence-electron chi connectivity index (χ1n) is 8.55. The van der Waals surface area contributed by atoms with Crippen LogP contribution in [-0.4, -0.2) is 39.1 Å². The minimum Gasteiger partial charge on any atom is -0.493 e. The van der Waals surface area contributed by atoms with Crippen molar-refractivity contribution in [1.29, 1.82) is 0 Å². The smallest absolute Gasteiger partial charge is 0.251 e. The number of ether oxygens (including phenoxy) is 2. The quantitative estimate of drug-likeness (QED) is 0.645. The monoisotopic (exact) mass is 390 g/mol. The van der Waals surface area contributed by atoms with Gasteiger partial charge in [-0.2, -0.15) is 0 Å². The molecule has 0 aliphatic carbocycles. The maximum Gasteiger partial charge on any atom is 0.251 e. The van der Waals surface area contributed by atoms with Crippen LogP contribution in [0.4, 0.5) is 0 Å². The summed E-state index contributed by atoms with van der Waals surface area (Å²) in [6.45, 7) is 0.684. The SMILES string of the molecule is COc1ccc(C(=O)NCCNC(=O)CCc2cccc(Cl)c2)cc1OC. The van der Waals surface area contributed by atoms with Gasteiger partial charge in [0.25, 0.3) is 5.91 Å². The molecule has 2 N–H and O–H groups in total. The Morgan fingerprint density at radius 1 is 0.963 bits per heavy atom. The molecule has 0 aliphatic rings. The summed E-state index contributed by atoms with van der Waals surface area (Å²) < 4.78 is 10.3. The van der Waals surface area contributed by atoms with Gasteiger partial charge in [-0.3, -0.25) is 9.59 Å². The van der Waals surface area contributed by atoms with Crippen LogP contribution in [0.1, 0.15) is 22.3 Å². The topological polar surface area (TPSA) is 76.7 Å². The van der Waals surface area contributed by atoms with Gasteiger partial charge in [0, 0.05) is 30.1 Å². The van der Waals surface area contributed by atoms with Crippen LogP contribution in [0, 0.1) is 0 Å². The van der Waals surface area contributed by atoms with Crippen molar-refractivity contribution in [3.63, 3.8) is 0 Å². The average Bonchev–Trinajstić information content (AvgIpc) is 2.69. The molecule has 27 heavy (non-hydrogen) atoms. The molecule has 144 valence electrons. The highest BCUT2D eigenvalue weighted by atomic mass is 35.5. The molecule has 0 atom stereocenters. The van der Waals surface area contributed by atoms with E-state index >= 15 is 0 Å². The fourth-order valence-corrected chi connectivity index (χ4v) is 2.71. The van der Waals surface area contributed by atoms with Crippen LogP contribution in [0.2, 0.25) is 5.02 Å². The zero-order chi connectivity index (χ0) is 19.6. The van der Waals surface area contributed by atoms with E-state index < -0.39 is 0 Å². The largest absolute Gasteiger partial charge is 0.493 e. The van der Waals surface area contributed by atoms with Crippen LogP contribution in [0.5, 0.6) is 11.5 Å². The van der Waals surface area contributed by atoms with Gasteiger partial charge in [-0.05, 0) is 42.3 Å². The van der Waals surface area contributed by atoms with E-state index in [9.17, 15) is 9.59 Å². The maximum atomic E-state index is 12.2. The molecule has 0 heterocycles. The van der Waals surface area contributed by atoms with Gasteiger partial charge in [-0.25, -0.2) is 0 Å². The van der Waals surface area contributed by atoms with Crippen LogP contribution >= 0.6 is 11.6 Å². The molecule has 0 unspecified atom stereocenters. The molecule has 0 radical (unpaired) electrons. The molecular formula is C20H23ClN2O4.